The van der Waals surface area contributed by atoms with Crippen LogP contribution in [0.15, 0.2) is 0 Å². The molecule has 4 heteroatoms. The molecule has 0 bridgehead atoms. The van der Waals surface area contributed by atoms with Crippen LogP contribution in [-0.2, 0) is 9.53 Å². The maximum atomic E-state index is 12.0. The molecule has 0 aromatic carbocycles. The fraction of sp³-hybridized carbons (Fsp3) is 0.818. The van der Waals surface area contributed by atoms with Crippen LogP contribution < -0.4 is 0 Å². The molecule has 0 saturated heterocycles. The van der Waals surface area contributed by atoms with Crippen molar-refractivity contribution >= 4 is 5.91 Å². The number of nitrogens with zero attached hydrogens (tertiary/aromatic N) is 2. The Morgan fingerprint density at radius 2 is 2.20 bits per heavy atom. The van der Waals surface area contributed by atoms with Crippen LogP contribution in [0.3, 0.4) is 0 Å². The van der Waals surface area contributed by atoms with E-state index in [1.165, 1.54) is 7.11 Å². The highest BCUT2D eigenvalue weighted by atomic mass is 16.5. The van der Waals surface area contributed by atoms with Gasteiger partial charge in [0.15, 0.2) is 0 Å². The first-order valence-corrected chi connectivity index (χ1v) is 5.12. The molecule has 2 unspecified atom stereocenters. The van der Waals surface area contributed by atoms with E-state index < -0.39 is 5.60 Å². The Bertz CT molecular complexity index is 254. The van der Waals surface area contributed by atoms with Crippen LogP contribution in [0, 0.1) is 11.3 Å². The second-order valence-electron chi connectivity index (χ2n) is 3.92. The number of rotatable bonds is 5. The summed E-state index contributed by atoms with van der Waals surface area (Å²) in [4.78, 5) is 13.6. The molecule has 15 heavy (non-hydrogen) atoms. The highest BCUT2D eigenvalue weighted by Gasteiger charge is 2.35. The number of carbonyl (C=O) groups is 1. The van der Waals surface area contributed by atoms with Crippen LogP contribution in [0.25, 0.3) is 0 Å². The van der Waals surface area contributed by atoms with Crippen molar-refractivity contribution in [2.45, 2.75) is 45.3 Å². The van der Waals surface area contributed by atoms with E-state index in [9.17, 15) is 4.79 Å². The molecule has 4 nitrogen and oxygen atoms in total. The van der Waals surface area contributed by atoms with Crippen LogP contribution in [0.5, 0.6) is 0 Å². The van der Waals surface area contributed by atoms with Gasteiger partial charge in [0, 0.05) is 20.2 Å². The Balaban J connectivity index is 4.63. The van der Waals surface area contributed by atoms with Gasteiger partial charge >= 0.3 is 0 Å². The lowest BCUT2D eigenvalue weighted by atomic mass is 10.0. The largest absolute Gasteiger partial charge is 0.369 e. The van der Waals surface area contributed by atoms with E-state index >= 15 is 0 Å². The molecule has 0 heterocycles. The molecule has 0 rings (SSSR count). The summed E-state index contributed by atoms with van der Waals surface area (Å²) in [6, 6.07) is 1.98. The van der Waals surface area contributed by atoms with Crippen molar-refractivity contribution in [3.63, 3.8) is 0 Å². The molecule has 0 fully saturated rings. The van der Waals surface area contributed by atoms with Crippen LogP contribution in [-0.4, -0.2) is 36.6 Å². The highest BCUT2D eigenvalue weighted by molar-refractivity contribution is 5.84. The van der Waals surface area contributed by atoms with Crippen molar-refractivity contribution in [2.75, 3.05) is 14.2 Å². The van der Waals surface area contributed by atoms with E-state index in [0.29, 0.717) is 12.8 Å². The molecule has 0 saturated carbocycles. The monoisotopic (exact) mass is 212 g/mol. The quantitative estimate of drug-likeness (QED) is 0.695. The first-order valence-electron chi connectivity index (χ1n) is 5.12. The van der Waals surface area contributed by atoms with Gasteiger partial charge in [-0.05, 0) is 20.3 Å². The van der Waals surface area contributed by atoms with Crippen molar-refractivity contribution < 1.29 is 9.53 Å². The minimum absolute atomic E-state index is 0.0738. The number of ether oxygens (including phenoxy) is 1. The summed E-state index contributed by atoms with van der Waals surface area (Å²) in [6.07, 6.45) is 0.956. The Morgan fingerprint density at radius 3 is 2.53 bits per heavy atom. The molecule has 0 aromatic rings. The fourth-order valence-electron chi connectivity index (χ4n) is 1.23. The van der Waals surface area contributed by atoms with Crippen molar-refractivity contribution in [2.24, 2.45) is 0 Å². The zero-order valence-electron chi connectivity index (χ0n) is 10.2. The van der Waals surface area contributed by atoms with Crippen LogP contribution in [0.4, 0.5) is 0 Å². The average molecular weight is 212 g/mol. The molecule has 0 aliphatic rings. The SMILES string of the molecule is CCC(C)(OC)C(=O)N(C)C(C)CC#N. The predicted octanol–water partition coefficient (Wildman–Crippen LogP) is 1.56. The van der Waals surface area contributed by atoms with Gasteiger partial charge < -0.3 is 9.64 Å². The second-order valence-corrected chi connectivity index (χ2v) is 3.92. The van der Waals surface area contributed by atoms with Crippen molar-refractivity contribution in [3.8, 4) is 6.07 Å². The van der Waals surface area contributed by atoms with E-state index in [2.05, 4.69) is 6.07 Å². The Labute approximate surface area is 91.8 Å². The van der Waals surface area contributed by atoms with Gasteiger partial charge in [0.2, 0.25) is 0 Å². The van der Waals surface area contributed by atoms with E-state index in [1.807, 2.05) is 13.8 Å². The number of amides is 1. The van der Waals surface area contributed by atoms with Gasteiger partial charge in [-0.2, -0.15) is 5.26 Å². The molecule has 0 radical (unpaired) electrons. The van der Waals surface area contributed by atoms with Gasteiger partial charge in [-0.15, -0.1) is 0 Å². The number of methoxy groups -OCH3 is 1. The minimum Gasteiger partial charge on any atom is -0.369 e. The summed E-state index contributed by atoms with van der Waals surface area (Å²) in [5.74, 6) is -0.0738. The number of likely N-dealkylation sites (N-methyl/N-ethyl adjacent to an activating group) is 1. The third-order valence-electron chi connectivity index (χ3n) is 2.95. The smallest absolute Gasteiger partial charge is 0.254 e. The van der Waals surface area contributed by atoms with Crippen molar-refractivity contribution in [3.05, 3.63) is 0 Å². The van der Waals surface area contributed by atoms with Crippen LogP contribution in [0.2, 0.25) is 0 Å². The third-order valence-corrected chi connectivity index (χ3v) is 2.95. The normalized spacial score (nSPS) is 16.3. The number of carbonyl (C=O) groups excluding carboxylic acids is 1. The third kappa shape index (κ3) is 3.21. The maximum Gasteiger partial charge on any atom is 0.254 e. The number of hydrogen-bond acceptors (Lipinski definition) is 3. The van der Waals surface area contributed by atoms with E-state index in [1.54, 1.807) is 18.9 Å². The van der Waals surface area contributed by atoms with Gasteiger partial charge in [-0.3, -0.25) is 4.79 Å². The summed E-state index contributed by atoms with van der Waals surface area (Å²) in [7, 11) is 3.24. The molecular weight excluding hydrogens is 192 g/mol. The maximum absolute atomic E-state index is 12.0. The number of hydrogen-bond donors (Lipinski definition) is 0. The van der Waals surface area contributed by atoms with Crippen LogP contribution >= 0.6 is 0 Å². The summed E-state index contributed by atoms with van der Waals surface area (Å²) >= 11 is 0. The zero-order valence-corrected chi connectivity index (χ0v) is 10.2. The lowest BCUT2D eigenvalue weighted by molar-refractivity contribution is -0.153. The summed E-state index contributed by atoms with van der Waals surface area (Å²) in [5, 5.41) is 8.57. The van der Waals surface area contributed by atoms with Gasteiger partial charge in [0.1, 0.15) is 5.60 Å². The Kier molecular flexibility index (Phi) is 5.31. The minimum atomic E-state index is -0.779. The standard InChI is InChI=1S/C11H20N2O2/c1-6-11(3,15-5)10(14)13(4)9(2)7-8-12/h9H,6-7H2,1-5H3. The summed E-state index contributed by atoms with van der Waals surface area (Å²) in [5.41, 5.74) is -0.779. The molecule has 0 N–H and O–H groups in total. The lowest BCUT2D eigenvalue weighted by Crippen LogP contribution is -2.49. The molecule has 2 atom stereocenters. The van der Waals surface area contributed by atoms with Crippen LogP contribution in [0.1, 0.15) is 33.6 Å². The van der Waals surface area contributed by atoms with Gasteiger partial charge in [0.05, 0.1) is 12.5 Å². The van der Waals surface area contributed by atoms with Gasteiger partial charge in [-0.25, -0.2) is 0 Å². The van der Waals surface area contributed by atoms with Gasteiger partial charge in [0.25, 0.3) is 5.91 Å². The fourth-order valence-corrected chi connectivity index (χ4v) is 1.23. The topological polar surface area (TPSA) is 53.3 Å². The molecule has 86 valence electrons. The molecule has 1 amide bonds. The van der Waals surface area contributed by atoms with E-state index in [-0.39, 0.29) is 11.9 Å². The Hall–Kier alpha value is -1.08. The van der Waals surface area contributed by atoms with Gasteiger partial charge in [-0.1, -0.05) is 6.92 Å². The molecular formula is C11H20N2O2. The molecule has 0 spiro atoms. The lowest BCUT2D eigenvalue weighted by Gasteiger charge is -2.33. The molecule has 0 aliphatic carbocycles. The Morgan fingerprint density at radius 1 is 1.67 bits per heavy atom. The zero-order chi connectivity index (χ0) is 12.1. The average Bonchev–Trinajstić information content (AvgIpc) is 2.26. The highest BCUT2D eigenvalue weighted by Crippen LogP contribution is 2.18. The number of nitriles is 1. The predicted molar refractivity (Wildman–Crippen MR) is 58.2 cm³/mol. The molecule has 0 aromatic heterocycles. The van der Waals surface area contributed by atoms with E-state index in [0.717, 1.165) is 0 Å². The van der Waals surface area contributed by atoms with Crippen molar-refractivity contribution in [1.82, 2.24) is 4.90 Å². The summed E-state index contributed by atoms with van der Waals surface area (Å²) in [6.45, 7) is 5.53. The first-order chi connectivity index (χ1) is 6.92. The second kappa shape index (κ2) is 5.72. The van der Waals surface area contributed by atoms with Crippen molar-refractivity contribution in [1.29, 1.82) is 5.26 Å². The summed E-state index contributed by atoms with van der Waals surface area (Å²) < 4.78 is 5.22. The first kappa shape index (κ1) is 13.9. The molecule has 0 aliphatic heterocycles. The van der Waals surface area contributed by atoms with E-state index in [4.69, 9.17) is 10.00 Å².